The Morgan fingerprint density at radius 3 is 2.93 bits per heavy atom. The van der Waals surface area contributed by atoms with E-state index in [1.165, 1.54) is 5.56 Å². The quantitative estimate of drug-likeness (QED) is 0.720. The molecule has 0 aromatic carbocycles. The van der Waals surface area contributed by atoms with E-state index in [4.69, 9.17) is 11.5 Å². The Bertz CT molecular complexity index is 373. The SMILES string of the molecule is CC1(C)Cc2nc(N)ncc2C(CN)C1. The highest BCUT2D eigenvalue weighted by Gasteiger charge is 2.32. The number of nitrogen functional groups attached to an aromatic ring is 1. The lowest BCUT2D eigenvalue weighted by atomic mass is 9.71. The fourth-order valence-corrected chi connectivity index (χ4v) is 2.44. The van der Waals surface area contributed by atoms with Crippen LogP contribution in [-0.4, -0.2) is 16.5 Å². The van der Waals surface area contributed by atoms with E-state index in [0.29, 0.717) is 18.4 Å². The summed E-state index contributed by atoms with van der Waals surface area (Å²) in [5.41, 5.74) is 13.9. The van der Waals surface area contributed by atoms with E-state index in [2.05, 4.69) is 23.8 Å². The second-order valence-electron chi connectivity index (χ2n) is 5.11. The first-order valence-electron chi connectivity index (χ1n) is 5.33. The van der Waals surface area contributed by atoms with Gasteiger partial charge in [-0.1, -0.05) is 13.8 Å². The van der Waals surface area contributed by atoms with Gasteiger partial charge < -0.3 is 11.5 Å². The molecule has 4 N–H and O–H groups in total. The molecular formula is C11H18N4. The summed E-state index contributed by atoms with van der Waals surface area (Å²) in [7, 11) is 0. The third-order valence-corrected chi connectivity index (χ3v) is 3.09. The summed E-state index contributed by atoms with van der Waals surface area (Å²) in [6.45, 7) is 5.15. The van der Waals surface area contributed by atoms with E-state index in [1.807, 2.05) is 6.20 Å². The Morgan fingerprint density at radius 2 is 2.27 bits per heavy atom. The lowest BCUT2D eigenvalue weighted by Gasteiger charge is -2.35. The van der Waals surface area contributed by atoms with E-state index in [1.54, 1.807) is 0 Å². The van der Waals surface area contributed by atoms with Crippen molar-refractivity contribution >= 4 is 5.95 Å². The molecule has 0 spiro atoms. The van der Waals surface area contributed by atoms with Crippen molar-refractivity contribution < 1.29 is 0 Å². The zero-order chi connectivity index (χ0) is 11.1. The summed E-state index contributed by atoms with van der Waals surface area (Å²) in [5, 5.41) is 0. The van der Waals surface area contributed by atoms with Gasteiger partial charge in [0.1, 0.15) is 0 Å². The van der Waals surface area contributed by atoms with E-state index in [9.17, 15) is 0 Å². The molecule has 15 heavy (non-hydrogen) atoms. The summed E-state index contributed by atoms with van der Waals surface area (Å²) in [4.78, 5) is 8.37. The molecule has 82 valence electrons. The van der Waals surface area contributed by atoms with Crippen molar-refractivity contribution in [3.8, 4) is 0 Å². The van der Waals surface area contributed by atoms with Crippen molar-refractivity contribution in [2.45, 2.75) is 32.6 Å². The summed E-state index contributed by atoms with van der Waals surface area (Å²) < 4.78 is 0. The molecule has 1 aliphatic rings. The standard InChI is InChI=1S/C11H18N4/c1-11(2)3-7(5-12)8-6-14-10(13)15-9(8)4-11/h6-7H,3-5,12H2,1-2H3,(H2,13,14,15). The minimum Gasteiger partial charge on any atom is -0.368 e. The van der Waals surface area contributed by atoms with Crippen LogP contribution in [0.1, 0.15) is 37.4 Å². The minimum absolute atomic E-state index is 0.262. The molecule has 1 unspecified atom stereocenters. The van der Waals surface area contributed by atoms with Crippen molar-refractivity contribution in [3.05, 3.63) is 17.5 Å². The van der Waals surface area contributed by atoms with Crippen LogP contribution >= 0.6 is 0 Å². The number of hydrogen-bond acceptors (Lipinski definition) is 4. The molecule has 0 radical (unpaired) electrons. The Hall–Kier alpha value is -1.16. The van der Waals surface area contributed by atoms with Crippen LogP contribution in [0.2, 0.25) is 0 Å². The highest BCUT2D eigenvalue weighted by atomic mass is 15.0. The van der Waals surface area contributed by atoms with Crippen molar-refractivity contribution in [2.75, 3.05) is 12.3 Å². The molecule has 1 aliphatic carbocycles. The van der Waals surface area contributed by atoms with Crippen molar-refractivity contribution in [1.29, 1.82) is 0 Å². The average molecular weight is 206 g/mol. The highest BCUT2D eigenvalue weighted by Crippen LogP contribution is 2.40. The van der Waals surface area contributed by atoms with Crippen LogP contribution in [0.4, 0.5) is 5.95 Å². The Labute approximate surface area is 90.1 Å². The lowest BCUT2D eigenvalue weighted by Crippen LogP contribution is -2.30. The number of hydrogen-bond donors (Lipinski definition) is 2. The molecule has 4 heteroatoms. The first kappa shape index (κ1) is 10.4. The molecular weight excluding hydrogens is 188 g/mol. The topological polar surface area (TPSA) is 77.8 Å². The van der Waals surface area contributed by atoms with Gasteiger partial charge >= 0.3 is 0 Å². The Morgan fingerprint density at radius 1 is 1.53 bits per heavy atom. The van der Waals surface area contributed by atoms with Crippen LogP contribution in [0, 0.1) is 5.41 Å². The Balaban J connectivity index is 2.44. The monoisotopic (exact) mass is 206 g/mol. The second kappa shape index (κ2) is 3.45. The number of rotatable bonds is 1. The summed E-state index contributed by atoms with van der Waals surface area (Å²) in [6, 6.07) is 0. The predicted molar refractivity (Wildman–Crippen MR) is 60.3 cm³/mol. The second-order valence-corrected chi connectivity index (χ2v) is 5.11. The summed E-state index contributed by atoms with van der Waals surface area (Å²) in [5.74, 6) is 0.742. The van der Waals surface area contributed by atoms with Gasteiger partial charge in [0.05, 0.1) is 0 Å². The number of nitrogens with two attached hydrogens (primary N) is 2. The first-order valence-corrected chi connectivity index (χ1v) is 5.33. The molecule has 4 nitrogen and oxygen atoms in total. The molecule has 0 amide bonds. The number of anilines is 1. The molecule has 0 fully saturated rings. The van der Waals surface area contributed by atoms with Crippen molar-refractivity contribution in [3.63, 3.8) is 0 Å². The molecule has 0 saturated heterocycles. The van der Waals surface area contributed by atoms with Gasteiger partial charge in [-0.05, 0) is 36.3 Å². The maximum Gasteiger partial charge on any atom is 0.220 e. The summed E-state index contributed by atoms with van der Waals surface area (Å²) in [6.07, 6.45) is 3.90. The predicted octanol–water partition coefficient (Wildman–Crippen LogP) is 1.07. The third-order valence-electron chi connectivity index (χ3n) is 3.09. The third kappa shape index (κ3) is 1.95. The molecule has 1 atom stereocenters. The van der Waals surface area contributed by atoms with Gasteiger partial charge in [-0.25, -0.2) is 9.97 Å². The minimum atomic E-state index is 0.262. The van der Waals surface area contributed by atoms with E-state index >= 15 is 0 Å². The van der Waals surface area contributed by atoms with Gasteiger partial charge in [0.15, 0.2) is 0 Å². The molecule has 1 heterocycles. The van der Waals surface area contributed by atoms with Gasteiger partial charge in [0, 0.05) is 11.9 Å². The zero-order valence-electron chi connectivity index (χ0n) is 9.33. The summed E-state index contributed by atoms with van der Waals surface area (Å²) >= 11 is 0. The fourth-order valence-electron chi connectivity index (χ4n) is 2.44. The van der Waals surface area contributed by atoms with Crippen molar-refractivity contribution in [1.82, 2.24) is 9.97 Å². The molecule has 0 saturated carbocycles. The van der Waals surface area contributed by atoms with Crippen LogP contribution in [0.15, 0.2) is 6.20 Å². The van der Waals surface area contributed by atoms with Crippen LogP contribution < -0.4 is 11.5 Å². The molecule has 0 bridgehead atoms. The largest absolute Gasteiger partial charge is 0.368 e. The van der Waals surface area contributed by atoms with Crippen LogP contribution in [0.3, 0.4) is 0 Å². The van der Waals surface area contributed by atoms with Crippen LogP contribution in [0.5, 0.6) is 0 Å². The maximum atomic E-state index is 5.79. The first-order chi connectivity index (χ1) is 7.02. The highest BCUT2D eigenvalue weighted by molar-refractivity contribution is 5.31. The van der Waals surface area contributed by atoms with E-state index < -0.39 is 0 Å². The number of aromatic nitrogens is 2. The Kier molecular flexibility index (Phi) is 2.38. The van der Waals surface area contributed by atoms with E-state index in [0.717, 1.165) is 18.5 Å². The van der Waals surface area contributed by atoms with Crippen LogP contribution in [-0.2, 0) is 6.42 Å². The molecule has 1 aromatic heterocycles. The maximum absolute atomic E-state index is 5.79. The van der Waals surface area contributed by atoms with Gasteiger partial charge in [-0.3, -0.25) is 0 Å². The fraction of sp³-hybridized carbons (Fsp3) is 0.636. The normalized spacial score (nSPS) is 23.5. The van der Waals surface area contributed by atoms with E-state index in [-0.39, 0.29) is 5.41 Å². The zero-order valence-corrected chi connectivity index (χ0v) is 9.33. The molecule has 2 rings (SSSR count). The molecule has 0 aliphatic heterocycles. The van der Waals surface area contributed by atoms with Gasteiger partial charge in [0.2, 0.25) is 5.95 Å². The van der Waals surface area contributed by atoms with Crippen molar-refractivity contribution in [2.24, 2.45) is 11.1 Å². The van der Waals surface area contributed by atoms with Gasteiger partial charge in [0.25, 0.3) is 0 Å². The average Bonchev–Trinajstić information content (AvgIpc) is 2.14. The van der Waals surface area contributed by atoms with Crippen LogP contribution in [0.25, 0.3) is 0 Å². The van der Waals surface area contributed by atoms with Gasteiger partial charge in [-0.2, -0.15) is 0 Å². The number of fused-ring (bicyclic) bond motifs is 1. The van der Waals surface area contributed by atoms with Gasteiger partial charge in [-0.15, -0.1) is 0 Å². The lowest BCUT2D eigenvalue weighted by molar-refractivity contribution is 0.278. The molecule has 1 aromatic rings. The smallest absolute Gasteiger partial charge is 0.220 e. The number of nitrogens with zero attached hydrogens (tertiary/aromatic N) is 2.